The Labute approximate surface area is 141 Å². The first-order valence-electron chi connectivity index (χ1n) is 8.44. The molecule has 4 rings (SSSR count). The second-order valence-electron chi connectivity index (χ2n) is 6.65. The van der Waals surface area contributed by atoms with Crippen LogP contribution in [0.2, 0.25) is 0 Å². The van der Waals surface area contributed by atoms with Crippen LogP contribution in [0.15, 0.2) is 42.5 Å². The van der Waals surface area contributed by atoms with E-state index < -0.39 is 0 Å². The van der Waals surface area contributed by atoms with Gasteiger partial charge in [-0.1, -0.05) is 24.3 Å². The van der Waals surface area contributed by atoms with Crippen LogP contribution in [-0.4, -0.2) is 18.2 Å². The Morgan fingerprint density at radius 1 is 1.08 bits per heavy atom. The van der Waals surface area contributed by atoms with E-state index in [0.29, 0.717) is 29.0 Å². The highest BCUT2D eigenvalue weighted by Gasteiger charge is 2.34. The standard InChI is InChI=1S/C20H19FN2O/c21-19-4-2-1-3-18(19)13-5-6-14(12-22)20(9-13)24-17-10-15-7-8-16(11-17)23-15/h1-6,9,15-17,23H,7-8,10-11H2/t15-,16+,17-. The smallest absolute Gasteiger partial charge is 0.138 e. The Kier molecular flexibility index (Phi) is 3.95. The number of nitriles is 1. The first kappa shape index (κ1) is 15.2. The highest BCUT2D eigenvalue weighted by atomic mass is 19.1. The number of rotatable bonds is 3. The zero-order chi connectivity index (χ0) is 16.5. The topological polar surface area (TPSA) is 45.0 Å². The third-order valence-corrected chi connectivity index (χ3v) is 5.01. The SMILES string of the molecule is N#Cc1ccc(-c2ccccc2F)cc1O[C@@H]1C[C@H]2CC[C@@H](C1)N2. The Morgan fingerprint density at radius 3 is 2.54 bits per heavy atom. The van der Waals surface area contributed by atoms with Gasteiger partial charge in [-0.15, -0.1) is 0 Å². The minimum Gasteiger partial charge on any atom is -0.489 e. The molecule has 3 atom stereocenters. The average molecular weight is 322 g/mol. The number of hydrogen-bond donors (Lipinski definition) is 1. The highest BCUT2D eigenvalue weighted by Crippen LogP contribution is 2.33. The minimum absolute atomic E-state index is 0.117. The Balaban J connectivity index is 1.63. The molecule has 2 aliphatic rings. The zero-order valence-corrected chi connectivity index (χ0v) is 13.3. The molecule has 2 aromatic rings. The van der Waals surface area contributed by atoms with Gasteiger partial charge in [-0.25, -0.2) is 4.39 Å². The van der Waals surface area contributed by atoms with E-state index in [9.17, 15) is 9.65 Å². The van der Waals surface area contributed by atoms with Gasteiger partial charge >= 0.3 is 0 Å². The summed E-state index contributed by atoms with van der Waals surface area (Å²) in [6.45, 7) is 0. The number of halogens is 1. The van der Waals surface area contributed by atoms with Gasteiger partial charge in [-0.05, 0) is 49.4 Å². The molecule has 0 radical (unpaired) electrons. The molecule has 2 fully saturated rings. The monoisotopic (exact) mass is 322 g/mol. The lowest BCUT2D eigenvalue weighted by atomic mass is 10.0. The maximum atomic E-state index is 14.0. The van der Waals surface area contributed by atoms with E-state index in [1.54, 1.807) is 30.3 Å². The van der Waals surface area contributed by atoms with Crippen LogP contribution in [0.4, 0.5) is 4.39 Å². The molecule has 0 amide bonds. The first-order chi connectivity index (χ1) is 11.7. The zero-order valence-electron chi connectivity index (χ0n) is 13.3. The molecule has 2 aliphatic heterocycles. The van der Waals surface area contributed by atoms with Crippen LogP contribution >= 0.6 is 0 Å². The summed E-state index contributed by atoms with van der Waals surface area (Å²) in [5.74, 6) is 0.289. The van der Waals surface area contributed by atoms with Crippen LogP contribution in [0.5, 0.6) is 5.75 Å². The minimum atomic E-state index is -0.270. The summed E-state index contributed by atoms with van der Waals surface area (Å²) >= 11 is 0. The first-order valence-corrected chi connectivity index (χ1v) is 8.44. The fourth-order valence-electron chi connectivity index (χ4n) is 3.86. The van der Waals surface area contributed by atoms with Gasteiger partial charge in [0, 0.05) is 17.6 Å². The third-order valence-electron chi connectivity index (χ3n) is 5.01. The molecule has 0 aliphatic carbocycles. The maximum Gasteiger partial charge on any atom is 0.138 e. The van der Waals surface area contributed by atoms with E-state index in [1.807, 2.05) is 6.07 Å². The molecule has 0 unspecified atom stereocenters. The van der Waals surface area contributed by atoms with Crippen LogP contribution in [0, 0.1) is 17.1 Å². The molecule has 0 aromatic heterocycles. The molecule has 2 bridgehead atoms. The quantitative estimate of drug-likeness (QED) is 0.928. The number of fused-ring (bicyclic) bond motifs is 2. The van der Waals surface area contributed by atoms with Crippen LogP contribution in [0.1, 0.15) is 31.2 Å². The van der Waals surface area contributed by atoms with Gasteiger partial charge < -0.3 is 10.1 Å². The van der Waals surface area contributed by atoms with Gasteiger partial charge in [-0.3, -0.25) is 0 Å². The van der Waals surface area contributed by atoms with Crippen LogP contribution in [-0.2, 0) is 0 Å². The molecule has 2 saturated heterocycles. The summed E-state index contributed by atoms with van der Waals surface area (Å²) in [5, 5.41) is 12.9. The largest absolute Gasteiger partial charge is 0.489 e. The van der Waals surface area contributed by atoms with Crippen molar-refractivity contribution in [3.05, 3.63) is 53.8 Å². The molecule has 122 valence electrons. The second kappa shape index (κ2) is 6.26. The number of piperidine rings is 1. The maximum absolute atomic E-state index is 14.0. The molecule has 2 heterocycles. The summed E-state index contributed by atoms with van der Waals surface area (Å²) in [6, 6.07) is 15.2. The van der Waals surface area contributed by atoms with E-state index in [0.717, 1.165) is 18.4 Å². The van der Waals surface area contributed by atoms with Crippen molar-refractivity contribution in [3.8, 4) is 22.9 Å². The summed E-state index contributed by atoms with van der Waals surface area (Å²) in [7, 11) is 0. The molecule has 0 saturated carbocycles. The molecule has 24 heavy (non-hydrogen) atoms. The van der Waals surface area contributed by atoms with Crippen molar-refractivity contribution < 1.29 is 9.13 Å². The lowest BCUT2D eigenvalue weighted by Gasteiger charge is -2.29. The van der Waals surface area contributed by atoms with Crippen molar-refractivity contribution in [1.82, 2.24) is 5.32 Å². The third kappa shape index (κ3) is 2.88. The molecule has 2 aromatic carbocycles. The van der Waals surface area contributed by atoms with Crippen molar-refractivity contribution in [1.29, 1.82) is 5.26 Å². The second-order valence-corrected chi connectivity index (χ2v) is 6.65. The van der Waals surface area contributed by atoms with E-state index in [2.05, 4.69) is 11.4 Å². The molecule has 1 N–H and O–H groups in total. The molecule has 3 nitrogen and oxygen atoms in total. The lowest BCUT2D eigenvalue weighted by molar-refractivity contribution is 0.137. The summed E-state index contributed by atoms with van der Waals surface area (Å²) in [4.78, 5) is 0. The summed E-state index contributed by atoms with van der Waals surface area (Å²) < 4.78 is 20.2. The van der Waals surface area contributed by atoms with Crippen molar-refractivity contribution in [2.45, 2.75) is 43.9 Å². The summed E-state index contributed by atoms with van der Waals surface area (Å²) in [6.07, 6.45) is 4.44. The van der Waals surface area contributed by atoms with Crippen molar-refractivity contribution in [2.24, 2.45) is 0 Å². The average Bonchev–Trinajstić information content (AvgIpc) is 2.94. The van der Waals surface area contributed by atoms with Gasteiger partial charge in [0.2, 0.25) is 0 Å². The van der Waals surface area contributed by atoms with Crippen molar-refractivity contribution >= 4 is 0 Å². The fraction of sp³-hybridized carbons (Fsp3) is 0.350. The molecular formula is C20H19FN2O. The number of benzene rings is 2. The van der Waals surface area contributed by atoms with Gasteiger partial charge in [0.25, 0.3) is 0 Å². The lowest BCUT2D eigenvalue weighted by Crippen LogP contribution is -2.42. The number of hydrogen-bond acceptors (Lipinski definition) is 3. The van der Waals surface area contributed by atoms with E-state index in [-0.39, 0.29) is 11.9 Å². The van der Waals surface area contributed by atoms with Crippen LogP contribution in [0.25, 0.3) is 11.1 Å². The molecule has 4 heteroatoms. The Hall–Kier alpha value is -2.38. The molecular weight excluding hydrogens is 303 g/mol. The van der Waals surface area contributed by atoms with Gasteiger partial charge in [0.05, 0.1) is 5.56 Å². The van der Waals surface area contributed by atoms with E-state index >= 15 is 0 Å². The van der Waals surface area contributed by atoms with Crippen LogP contribution in [0.3, 0.4) is 0 Å². The van der Waals surface area contributed by atoms with E-state index in [4.69, 9.17) is 4.74 Å². The van der Waals surface area contributed by atoms with Crippen molar-refractivity contribution in [2.75, 3.05) is 0 Å². The van der Waals surface area contributed by atoms with Gasteiger partial charge in [0.15, 0.2) is 0 Å². The Bertz CT molecular complexity index is 786. The van der Waals surface area contributed by atoms with Gasteiger partial charge in [-0.2, -0.15) is 5.26 Å². The predicted octanol–water partition coefficient (Wildman–Crippen LogP) is 4.03. The number of nitrogens with zero attached hydrogens (tertiary/aromatic N) is 1. The number of ether oxygens (including phenoxy) is 1. The van der Waals surface area contributed by atoms with Gasteiger partial charge in [0.1, 0.15) is 23.7 Å². The fourth-order valence-corrected chi connectivity index (χ4v) is 3.86. The molecule has 0 spiro atoms. The highest BCUT2D eigenvalue weighted by molar-refractivity contribution is 5.67. The number of nitrogens with one attached hydrogen (secondary N) is 1. The summed E-state index contributed by atoms with van der Waals surface area (Å²) in [5.41, 5.74) is 1.76. The van der Waals surface area contributed by atoms with E-state index in [1.165, 1.54) is 18.9 Å². The normalized spacial score (nSPS) is 25.2. The van der Waals surface area contributed by atoms with Crippen molar-refractivity contribution in [3.63, 3.8) is 0 Å². The van der Waals surface area contributed by atoms with Crippen LogP contribution < -0.4 is 10.1 Å². The predicted molar refractivity (Wildman–Crippen MR) is 90.1 cm³/mol. The Morgan fingerprint density at radius 2 is 1.83 bits per heavy atom.